The van der Waals surface area contributed by atoms with Crippen molar-refractivity contribution in [3.8, 4) is 5.88 Å². The van der Waals surface area contributed by atoms with Crippen LogP contribution in [0.4, 0.5) is 0 Å². The maximum absolute atomic E-state index is 11.7. The molecule has 0 bridgehead atoms. The third-order valence-electron chi connectivity index (χ3n) is 2.63. The smallest absolute Gasteiger partial charge is 0.316 e. The third-order valence-corrected chi connectivity index (χ3v) is 2.63. The van der Waals surface area contributed by atoms with Gasteiger partial charge in [0.2, 0.25) is 0 Å². The molecule has 2 rings (SSSR count). The molecule has 0 aliphatic heterocycles. The summed E-state index contributed by atoms with van der Waals surface area (Å²) in [6, 6.07) is 0. The predicted molar refractivity (Wildman–Crippen MR) is 55.1 cm³/mol. The molecule has 1 amide bonds. The number of ether oxygens (including phenoxy) is 1. The van der Waals surface area contributed by atoms with Crippen LogP contribution in [0.15, 0.2) is 6.33 Å². The van der Waals surface area contributed by atoms with Gasteiger partial charge < -0.3 is 15.5 Å². The fourth-order valence-corrected chi connectivity index (χ4v) is 1.73. The summed E-state index contributed by atoms with van der Waals surface area (Å²) in [6.07, 6.45) is 2.27. The summed E-state index contributed by atoms with van der Waals surface area (Å²) in [5.41, 5.74) is 5.00. The van der Waals surface area contributed by atoms with Crippen LogP contribution in [-0.4, -0.2) is 27.6 Å². The summed E-state index contributed by atoms with van der Waals surface area (Å²) in [7, 11) is 0. The SMILES string of the molecule is NC(=O)c1[nH]cnc1OC(=O)C1CCC(=O)C1. The van der Waals surface area contributed by atoms with Crippen LogP contribution in [0.5, 0.6) is 5.88 Å². The van der Waals surface area contributed by atoms with E-state index in [2.05, 4.69) is 9.97 Å². The second-order valence-electron chi connectivity index (χ2n) is 3.85. The first kappa shape index (κ1) is 11.3. The number of aromatic nitrogens is 2. The minimum absolute atomic E-state index is 0.0455. The molecule has 0 saturated heterocycles. The highest BCUT2D eigenvalue weighted by atomic mass is 16.5. The van der Waals surface area contributed by atoms with Gasteiger partial charge in [-0.25, -0.2) is 4.98 Å². The van der Waals surface area contributed by atoms with Crippen molar-refractivity contribution < 1.29 is 19.1 Å². The van der Waals surface area contributed by atoms with Crippen LogP contribution in [0.25, 0.3) is 0 Å². The van der Waals surface area contributed by atoms with Crippen LogP contribution in [-0.2, 0) is 9.59 Å². The minimum atomic E-state index is -0.757. The normalized spacial score (nSPS) is 19.3. The molecule has 17 heavy (non-hydrogen) atoms. The number of carbonyl (C=O) groups excluding carboxylic acids is 3. The molecule has 1 saturated carbocycles. The maximum Gasteiger partial charge on any atom is 0.316 e. The van der Waals surface area contributed by atoms with Gasteiger partial charge in [-0.15, -0.1) is 0 Å². The molecule has 1 aromatic heterocycles. The molecule has 1 aromatic rings. The summed E-state index contributed by atoms with van der Waals surface area (Å²) in [5.74, 6) is -1.84. The number of carbonyl (C=O) groups is 3. The summed E-state index contributed by atoms with van der Waals surface area (Å²) < 4.78 is 4.94. The summed E-state index contributed by atoms with van der Waals surface area (Å²) in [5, 5.41) is 0. The van der Waals surface area contributed by atoms with Gasteiger partial charge >= 0.3 is 5.97 Å². The molecular weight excluding hydrogens is 226 g/mol. The van der Waals surface area contributed by atoms with E-state index < -0.39 is 17.8 Å². The van der Waals surface area contributed by atoms with E-state index in [9.17, 15) is 14.4 Å². The number of aromatic amines is 1. The van der Waals surface area contributed by atoms with Crippen molar-refractivity contribution in [2.45, 2.75) is 19.3 Å². The zero-order valence-corrected chi connectivity index (χ0v) is 8.93. The number of nitrogens with zero attached hydrogens (tertiary/aromatic N) is 1. The lowest BCUT2D eigenvalue weighted by Gasteiger charge is -2.06. The van der Waals surface area contributed by atoms with Crippen molar-refractivity contribution >= 4 is 17.7 Å². The van der Waals surface area contributed by atoms with Crippen LogP contribution < -0.4 is 10.5 Å². The van der Waals surface area contributed by atoms with E-state index in [4.69, 9.17) is 10.5 Å². The van der Waals surface area contributed by atoms with E-state index in [-0.39, 0.29) is 23.8 Å². The number of esters is 1. The number of ketones is 1. The standard InChI is InChI=1S/C10H11N3O4/c11-8(15)7-9(13-4-12-7)17-10(16)5-1-2-6(14)3-5/h4-5H,1-3H2,(H2,11,15)(H,12,13). The molecule has 0 spiro atoms. The highest BCUT2D eigenvalue weighted by molar-refractivity contribution is 5.94. The minimum Gasteiger partial charge on any atom is -0.405 e. The largest absolute Gasteiger partial charge is 0.405 e. The van der Waals surface area contributed by atoms with Gasteiger partial charge in [0.15, 0.2) is 5.69 Å². The summed E-state index contributed by atoms with van der Waals surface area (Å²) in [4.78, 5) is 39.8. The molecule has 1 aliphatic carbocycles. The lowest BCUT2D eigenvalue weighted by Crippen LogP contribution is -2.21. The van der Waals surface area contributed by atoms with E-state index in [1.165, 1.54) is 6.33 Å². The average Bonchev–Trinajstić information content (AvgIpc) is 2.86. The number of amides is 1. The molecule has 7 nitrogen and oxygen atoms in total. The molecule has 1 aliphatic rings. The van der Waals surface area contributed by atoms with Crippen LogP contribution >= 0.6 is 0 Å². The van der Waals surface area contributed by atoms with Crippen molar-refractivity contribution in [3.63, 3.8) is 0 Å². The quantitative estimate of drug-likeness (QED) is 0.705. The van der Waals surface area contributed by atoms with E-state index in [1.54, 1.807) is 0 Å². The number of Topliss-reactive ketones (excluding diaryl/α,β-unsaturated/α-hetero) is 1. The average molecular weight is 237 g/mol. The Bertz CT molecular complexity index is 480. The highest BCUT2D eigenvalue weighted by Crippen LogP contribution is 2.24. The van der Waals surface area contributed by atoms with E-state index in [0.717, 1.165) is 0 Å². The van der Waals surface area contributed by atoms with Crippen molar-refractivity contribution in [3.05, 3.63) is 12.0 Å². The van der Waals surface area contributed by atoms with Gasteiger partial charge in [0.1, 0.15) is 5.78 Å². The van der Waals surface area contributed by atoms with Gasteiger partial charge in [0, 0.05) is 12.8 Å². The second kappa shape index (κ2) is 4.36. The maximum atomic E-state index is 11.7. The monoisotopic (exact) mass is 237 g/mol. The molecule has 1 heterocycles. The van der Waals surface area contributed by atoms with E-state index in [1.807, 2.05) is 0 Å². The predicted octanol–water partition coefficient (Wildman–Crippen LogP) is -0.217. The Morgan fingerprint density at radius 2 is 2.29 bits per heavy atom. The molecule has 0 radical (unpaired) electrons. The van der Waals surface area contributed by atoms with Crippen molar-refractivity contribution in [1.82, 2.24) is 9.97 Å². The number of hydrogen-bond acceptors (Lipinski definition) is 5. The molecule has 0 aromatic carbocycles. The summed E-state index contributed by atoms with van der Waals surface area (Å²) in [6.45, 7) is 0. The third kappa shape index (κ3) is 2.32. The Balaban J connectivity index is 2.05. The van der Waals surface area contributed by atoms with Crippen LogP contribution in [0.1, 0.15) is 29.8 Å². The Morgan fingerprint density at radius 1 is 1.53 bits per heavy atom. The number of rotatable bonds is 3. The van der Waals surface area contributed by atoms with Crippen LogP contribution in [0.3, 0.4) is 0 Å². The van der Waals surface area contributed by atoms with Gasteiger partial charge in [-0.2, -0.15) is 0 Å². The molecule has 1 unspecified atom stereocenters. The van der Waals surface area contributed by atoms with Crippen molar-refractivity contribution in [2.24, 2.45) is 11.7 Å². The van der Waals surface area contributed by atoms with Crippen LogP contribution in [0.2, 0.25) is 0 Å². The van der Waals surface area contributed by atoms with E-state index in [0.29, 0.717) is 12.8 Å². The zero-order chi connectivity index (χ0) is 12.4. The molecular formula is C10H11N3O4. The fraction of sp³-hybridized carbons (Fsp3) is 0.400. The highest BCUT2D eigenvalue weighted by Gasteiger charge is 2.31. The number of H-pyrrole nitrogens is 1. The molecule has 7 heteroatoms. The first-order chi connectivity index (χ1) is 8.08. The van der Waals surface area contributed by atoms with Gasteiger partial charge in [0.25, 0.3) is 11.8 Å². The van der Waals surface area contributed by atoms with Crippen molar-refractivity contribution in [1.29, 1.82) is 0 Å². The van der Waals surface area contributed by atoms with Gasteiger partial charge in [-0.1, -0.05) is 0 Å². The van der Waals surface area contributed by atoms with Gasteiger partial charge in [0.05, 0.1) is 12.2 Å². The number of imidazole rings is 1. The molecule has 1 fully saturated rings. The number of hydrogen-bond donors (Lipinski definition) is 2. The Labute approximate surface area is 96.3 Å². The van der Waals surface area contributed by atoms with Crippen LogP contribution in [0, 0.1) is 5.92 Å². The van der Waals surface area contributed by atoms with Crippen molar-refractivity contribution in [2.75, 3.05) is 0 Å². The lowest BCUT2D eigenvalue weighted by molar-refractivity contribution is -0.139. The lowest BCUT2D eigenvalue weighted by atomic mass is 10.1. The Morgan fingerprint density at radius 3 is 2.88 bits per heavy atom. The topological polar surface area (TPSA) is 115 Å². The Hall–Kier alpha value is -2.18. The second-order valence-corrected chi connectivity index (χ2v) is 3.85. The molecule has 3 N–H and O–H groups in total. The first-order valence-corrected chi connectivity index (χ1v) is 5.14. The number of primary amides is 1. The molecule has 1 atom stereocenters. The van der Waals surface area contributed by atoms with Gasteiger partial charge in [-0.3, -0.25) is 14.4 Å². The van der Waals surface area contributed by atoms with E-state index >= 15 is 0 Å². The zero-order valence-electron chi connectivity index (χ0n) is 8.93. The number of nitrogens with two attached hydrogens (primary N) is 1. The fourth-order valence-electron chi connectivity index (χ4n) is 1.73. The number of nitrogens with one attached hydrogen (secondary N) is 1. The Kier molecular flexibility index (Phi) is 2.90. The summed E-state index contributed by atoms with van der Waals surface area (Å²) >= 11 is 0. The first-order valence-electron chi connectivity index (χ1n) is 5.14. The molecule has 90 valence electrons. The van der Waals surface area contributed by atoms with Gasteiger partial charge in [-0.05, 0) is 6.42 Å².